The van der Waals surface area contributed by atoms with Crippen LogP contribution < -0.4 is 5.73 Å². The van der Waals surface area contributed by atoms with Crippen molar-refractivity contribution >= 4 is 11.9 Å². The summed E-state index contributed by atoms with van der Waals surface area (Å²) in [6.45, 7) is 4.48. The average Bonchev–Trinajstić information content (AvgIpc) is 2.70. The molecular formula is C26H51NO3. The van der Waals surface area contributed by atoms with Crippen LogP contribution in [0.25, 0.3) is 0 Å². The topological polar surface area (TPSA) is 69.4 Å². The predicted molar refractivity (Wildman–Crippen MR) is 127 cm³/mol. The van der Waals surface area contributed by atoms with Gasteiger partial charge in [-0.15, -0.1) is 0 Å². The number of amides is 1. The summed E-state index contributed by atoms with van der Waals surface area (Å²) in [5, 5.41) is 0. The van der Waals surface area contributed by atoms with E-state index in [2.05, 4.69) is 13.8 Å². The van der Waals surface area contributed by atoms with Crippen LogP contribution in [-0.2, 0) is 14.3 Å². The number of esters is 1. The lowest BCUT2D eigenvalue weighted by Crippen LogP contribution is -2.25. The van der Waals surface area contributed by atoms with Crippen LogP contribution in [0.5, 0.6) is 0 Å². The van der Waals surface area contributed by atoms with Gasteiger partial charge in [0.05, 0.1) is 6.42 Å². The first-order valence-corrected chi connectivity index (χ1v) is 13.1. The second-order valence-corrected chi connectivity index (χ2v) is 8.98. The lowest BCUT2D eigenvalue weighted by atomic mass is 10.0. The number of rotatable bonds is 23. The van der Waals surface area contributed by atoms with E-state index >= 15 is 0 Å². The minimum absolute atomic E-state index is 0.153. The molecule has 30 heavy (non-hydrogen) atoms. The van der Waals surface area contributed by atoms with Crippen molar-refractivity contribution in [3.63, 3.8) is 0 Å². The van der Waals surface area contributed by atoms with Crippen molar-refractivity contribution in [1.82, 2.24) is 0 Å². The Labute approximate surface area is 187 Å². The van der Waals surface area contributed by atoms with Gasteiger partial charge >= 0.3 is 5.97 Å². The molecule has 4 nitrogen and oxygen atoms in total. The van der Waals surface area contributed by atoms with Gasteiger partial charge in [0.25, 0.3) is 0 Å². The third-order valence-corrected chi connectivity index (χ3v) is 5.84. The fraction of sp³-hybridized carbons (Fsp3) is 0.923. The summed E-state index contributed by atoms with van der Waals surface area (Å²) < 4.78 is 5.57. The van der Waals surface area contributed by atoms with Gasteiger partial charge in [-0.1, -0.05) is 117 Å². The molecule has 0 spiro atoms. The molecule has 0 unspecified atom stereocenters. The molecule has 1 amide bonds. The Bertz CT molecular complexity index is 398. The van der Waals surface area contributed by atoms with Crippen LogP contribution >= 0.6 is 0 Å². The lowest BCUT2D eigenvalue weighted by molar-refractivity contribution is -0.150. The number of hydrogen-bond acceptors (Lipinski definition) is 3. The standard InChI is InChI=1S/C26H51NO3/c1-3-5-7-9-11-13-15-17-19-21-24(23-25(27)28)30-26(29)22-20-18-16-14-12-10-8-6-4-2/h24H,3-23H2,1-2H3,(H2,27,28)/t24-/m1/s1. The van der Waals surface area contributed by atoms with Crippen LogP contribution in [0.3, 0.4) is 0 Å². The van der Waals surface area contributed by atoms with Gasteiger partial charge in [-0.2, -0.15) is 0 Å². The Morgan fingerprint density at radius 2 is 1.03 bits per heavy atom. The molecule has 1 atom stereocenters. The number of unbranched alkanes of at least 4 members (excludes halogenated alkanes) is 16. The molecule has 0 aromatic carbocycles. The SMILES string of the molecule is CCCCCCCCCCCC(=O)O[C@H](CCCCCCCCCCC)CC(N)=O. The highest BCUT2D eigenvalue weighted by Gasteiger charge is 2.16. The number of carbonyl (C=O) groups excluding carboxylic acids is 2. The van der Waals surface area contributed by atoms with Gasteiger partial charge in [-0.3, -0.25) is 9.59 Å². The van der Waals surface area contributed by atoms with Crippen LogP contribution in [-0.4, -0.2) is 18.0 Å². The van der Waals surface area contributed by atoms with Crippen LogP contribution in [0.2, 0.25) is 0 Å². The summed E-state index contributed by atoms with van der Waals surface area (Å²) in [6, 6.07) is 0. The molecule has 178 valence electrons. The molecule has 0 saturated heterocycles. The van der Waals surface area contributed by atoms with Crippen molar-refractivity contribution in [3.8, 4) is 0 Å². The van der Waals surface area contributed by atoms with Crippen LogP contribution in [0.15, 0.2) is 0 Å². The van der Waals surface area contributed by atoms with E-state index in [1.54, 1.807) is 0 Å². The Hall–Kier alpha value is -1.06. The molecule has 0 aliphatic rings. The van der Waals surface area contributed by atoms with Crippen molar-refractivity contribution in [2.75, 3.05) is 0 Å². The monoisotopic (exact) mass is 425 g/mol. The Morgan fingerprint density at radius 3 is 1.47 bits per heavy atom. The molecule has 0 aromatic heterocycles. The molecular weight excluding hydrogens is 374 g/mol. The minimum Gasteiger partial charge on any atom is -0.462 e. The van der Waals surface area contributed by atoms with E-state index in [0.717, 1.165) is 32.1 Å². The Kier molecular flexibility index (Phi) is 21.8. The summed E-state index contributed by atoms with van der Waals surface area (Å²) in [5.41, 5.74) is 5.35. The minimum atomic E-state index is -0.383. The van der Waals surface area contributed by atoms with Gasteiger partial charge in [-0.05, 0) is 19.3 Å². The quantitative estimate of drug-likeness (QED) is 0.135. The number of hydrogen-bond donors (Lipinski definition) is 1. The molecule has 0 heterocycles. The molecule has 0 aliphatic heterocycles. The molecule has 0 rings (SSSR count). The summed E-state index contributed by atoms with van der Waals surface area (Å²) in [7, 11) is 0. The van der Waals surface area contributed by atoms with Crippen molar-refractivity contribution in [2.24, 2.45) is 5.73 Å². The number of primary amides is 1. The van der Waals surface area contributed by atoms with Gasteiger partial charge < -0.3 is 10.5 Å². The number of ether oxygens (including phenoxy) is 1. The smallest absolute Gasteiger partial charge is 0.306 e. The van der Waals surface area contributed by atoms with Gasteiger partial charge in [0.1, 0.15) is 6.10 Å². The molecule has 0 aromatic rings. The zero-order valence-corrected chi connectivity index (χ0v) is 20.2. The highest BCUT2D eigenvalue weighted by atomic mass is 16.5. The number of carbonyl (C=O) groups is 2. The first-order chi connectivity index (χ1) is 14.6. The van der Waals surface area contributed by atoms with E-state index in [9.17, 15) is 9.59 Å². The van der Waals surface area contributed by atoms with Gasteiger partial charge in [-0.25, -0.2) is 0 Å². The largest absolute Gasteiger partial charge is 0.462 e. The highest BCUT2D eigenvalue weighted by Crippen LogP contribution is 2.16. The zero-order valence-electron chi connectivity index (χ0n) is 20.2. The fourth-order valence-electron chi connectivity index (χ4n) is 3.93. The first-order valence-electron chi connectivity index (χ1n) is 13.1. The molecule has 0 fully saturated rings. The normalized spacial score (nSPS) is 12.1. The van der Waals surface area contributed by atoms with Gasteiger partial charge in [0, 0.05) is 6.42 Å². The number of nitrogens with two attached hydrogens (primary N) is 1. The third kappa shape index (κ3) is 21.6. The van der Waals surface area contributed by atoms with Gasteiger partial charge in [0.15, 0.2) is 0 Å². The summed E-state index contributed by atoms with van der Waals surface area (Å²) in [6.07, 6.45) is 23.4. The zero-order chi connectivity index (χ0) is 22.3. The predicted octanol–water partition coefficient (Wildman–Crippen LogP) is 7.62. The maximum absolute atomic E-state index is 12.1. The molecule has 0 radical (unpaired) electrons. The van der Waals surface area contributed by atoms with Crippen LogP contribution in [0.4, 0.5) is 0 Å². The summed E-state index contributed by atoms with van der Waals surface area (Å²) >= 11 is 0. The first kappa shape index (κ1) is 28.9. The molecule has 4 heteroatoms. The average molecular weight is 426 g/mol. The third-order valence-electron chi connectivity index (χ3n) is 5.84. The second-order valence-electron chi connectivity index (χ2n) is 8.98. The van der Waals surface area contributed by atoms with Crippen molar-refractivity contribution in [3.05, 3.63) is 0 Å². The highest BCUT2D eigenvalue weighted by molar-refractivity contribution is 5.75. The Balaban J connectivity index is 3.75. The van der Waals surface area contributed by atoms with Crippen LogP contribution in [0, 0.1) is 0 Å². The molecule has 0 aliphatic carbocycles. The van der Waals surface area contributed by atoms with E-state index in [-0.39, 0.29) is 24.4 Å². The molecule has 0 bridgehead atoms. The summed E-state index contributed by atoms with van der Waals surface area (Å²) in [4.78, 5) is 23.4. The second kappa shape index (κ2) is 22.6. The Morgan fingerprint density at radius 1 is 0.633 bits per heavy atom. The lowest BCUT2D eigenvalue weighted by Gasteiger charge is -2.16. The molecule has 2 N–H and O–H groups in total. The van der Waals surface area contributed by atoms with E-state index in [1.807, 2.05) is 0 Å². The van der Waals surface area contributed by atoms with E-state index in [4.69, 9.17) is 10.5 Å². The van der Waals surface area contributed by atoms with E-state index in [1.165, 1.54) is 89.9 Å². The maximum atomic E-state index is 12.1. The van der Waals surface area contributed by atoms with E-state index < -0.39 is 0 Å². The fourth-order valence-corrected chi connectivity index (χ4v) is 3.93. The van der Waals surface area contributed by atoms with Crippen molar-refractivity contribution < 1.29 is 14.3 Å². The van der Waals surface area contributed by atoms with Crippen molar-refractivity contribution in [1.29, 1.82) is 0 Å². The van der Waals surface area contributed by atoms with Crippen molar-refractivity contribution in [2.45, 2.75) is 155 Å². The summed E-state index contributed by atoms with van der Waals surface area (Å²) in [5.74, 6) is -0.549. The van der Waals surface area contributed by atoms with E-state index in [0.29, 0.717) is 6.42 Å². The van der Waals surface area contributed by atoms with Gasteiger partial charge in [0.2, 0.25) is 5.91 Å². The van der Waals surface area contributed by atoms with Crippen LogP contribution in [0.1, 0.15) is 149 Å². The maximum Gasteiger partial charge on any atom is 0.306 e. The molecule has 0 saturated carbocycles.